The molecule has 3 fully saturated rings. The third kappa shape index (κ3) is 5.12. The molecule has 222 valence electrons. The normalized spacial score (nSPS) is 20.3. The summed E-state index contributed by atoms with van der Waals surface area (Å²) < 4.78 is 47.6. The van der Waals surface area contributed by atoms with Crippen molar-refractivity contribution in [1.82, 2.24) is 24.3 Å². The number of ether oxygens (including phenoxy) is 1. The SMILES string of the molecule is Nc1nccn2c(C3CCC4CCC(=O)N4C3)nc(-c3ccc(C(=O)Nc4cc(C(F)(F)F)ccn4)cc3OC3CC3)c12. The van der Waals surface area contributed by atoms with Gasteiger partial charge in [0.25, 0.3) is 5.91 Å². The molecule has 4 aromatic rings. The number of nitrogens with two attached hydrogens (primary N) is 1. The Hall–Kier alpha value is -4.68. The molecule has 0 bridgehead atoms. The van der Waals surface area contributed by atoms with Crippen LogP contribution in [0, 0.1) is 0 Å². The van der Waals surface area contributed by atoms with Crippen LogP contribution >= 0.6 is 0 Å². The minimum absolute atomic E-state index is 0.000775. The summed E-state index contributed by atoms with van der Waals surface area (Å²) in [6, 6.07) is 6.72. The minimum Gasteiger partial charge on any atom is -0.490 e. The van der Waals surface area contributed by atoms with Gasteiger partial charge < -0.3 is 20.7 Å². The number of alkyl halides is 3. The van der Waals surface area contributed by atoms with Gasteiger partial charge in [-0.1, -0.05) is 0 Å². The molecule has 3 aliphatic rings. The van der Waals surface area contributed by atoms with Crippen molar-refractivity contribution in [2.24, 2.45) is 0 Å². The zero-order valence-corrected chi connectivity index (χ0v) is 23.0. The van der Waals surface area contributed by atoms with E-state index in [2.05, 4.69) is 15.3 Å². The standard InChI is InChI=1S/C30H28F3N7O3/c31-30(32,33)18-9-10-35-23(14-18)37-29(42)16-2-7-21(22(13-16)43-20-5-6-20)25-26-27(34)36-11-12-39(26)28(38-25)17-1-3-19-4-8-24(41)40(19)15-17/h2,7,9-14,17,19-20H,1,3-6,8,15H2,(H2,34,36)(H,35,37,42). The predicted octanol–water partition coefficient (Wildman–Crippen LogP) is 5.05. The van der Waals surface area contributed by atoms with E-state index in [0.717, 1.165) is 56.3 Å². The van der Waals surface area contributed by atoms with E-state index in [1.165, 1.54) is 0 Å². The van der Waals surface area contributed by atoms with Gasteiger partial charge in [-0.15, -0.1) is 0 Å². The Kier molecular flexibility index (Phi) is 6.47. The van der Waals surface area contributed by atoms with E-state index in [4.69, 9.17) is 15.5 Å². The van der Waals surface area contributed by atoms with Gasteiger partial charge in [0.15, 0.2) is 0 Å². The quantitative estimate of drug-likeness (QED) is 0.321. The summed E-state index contributed by atoms with van der Waals surface area (Å²) in [6.45, 7) is 0.582. The molecule has 1 aromatic carbocycles. The van der Waals surface area contributed by atoms with Crippen LogP contribution in [-0.4, -0.2) is 54.8 Å². The van der Waals surface area contributed by atoms with Gasteiger partial charge >= 0.3 is 6.18 Å². The number of nitrogen functional groups attached to an aromatic ring is 1. The molecule has 0 radical (unpaired) electrons. The lowest BCUT2D eigenvalue weighted by Crippen LogP contribution is -2.41. The number of carbonyl (C=O) groups is 2. The molecule has 0 spiro atoms. The van der Waals surface area contributed by atoms with Gasteiger partial charge in [0.1, 0.15) is 34.4 Å². The monoisotopic (exact) mass is 591 g/mol. The number of piperidine rings is 1. The summed E-state index contributed by atoms with van der Waals surface area (Å²) in [5.74, 6) is 0.765. The van der Waals surface area contributed by atoms with Crippen molar-refractivity contribution >= 4 is 29.0 Å². The molecule has 3 N–H and O–H groups in total. The highest BCUT2D eigenvalue weighted by atomic mass is 19.4. The maximum absolute atomic E-state index is 13.2. The summed E-state index contributed by atoms with van der Waals surface area (Å²) in [7, 11) is 0. The van der Waals surface area contributed by atoms with Crippen LogP contribution in [0.2, 0.25) is 0 Å². The Morgan fingerprint density at radius 1 is 1.05 bits per heavy atom. The molecule has 1 aliphatic carbocycles. The number of anilines is 2. The highest BCUT2D eigenvalue weighted by Crippen LogP contribution is 2.41. The average molecular weight is 592 g/mol. The van der Waals surface area contributed by atoms with Crippen LogP contribution in [0.4, 0.5) is 24.8 Å². The van der Waals surface area contributed by atoms with Crippen LogP contribution in [0.1, 0.15) is 66.2 Å². The molecule has 13 heteroatoms. The summed E-state index contributed by atoms with van der Waals surface area (Å²) >= 11 is 0. The van der Waals surface area contributed by atoms with Crippen LogP contribution in [0.5, 0.6) is 5.75 Å². The number of aromatic nitrogens is 4. The Labute approximate surface area is 244 Å². The second-order valence-electron chi connectivity index (χ2n) is 11.3. The number of fused-ring (bicyclic) bond motifs is 2. The van der Waals surface area contributed by atoms with Crippen LogP contribution in [0.15, 0.2) is 48.9 Å². The van der Waals surface area contributed by atoms with Crippen molar-refractivity contribution in [2.75, 3.05) is 17.6 Å². The van der Waals surface area contributed by atoms with E-state index in [9.17, 15) is 22.8 Å². The first kappa shape index (κ1) is 27.2. The van der Waals surface area contributed by atoms with E-state index < -0.39 is 17.6 Å². The highest BCUT2D eigenvalue weighted by Gasteiger charge is 2.38. The number of hydrogen-bond acceptors (Lipinski definition) is 7. The molecule has 43 heavy (non-hydrogen) atoms. The molecule has 2 saturated heterocycles. The van der Waals surface area contributed by atoms with Gasteiger partial charge in [0.05, 0.1) is 11.7 Å². The number of nitrogens with one attached hydrogen (secondary N) is 1. The fraction of sp³-hybridized carbons (Fsp3) is 0.367. The maximum atomic E-state index is 13.2. The second kappa shape index (κ2) is 10.2. The van der Waals surface area contributed by atoms with Crippen molar-refractivity contribution in [3.63, 3.8) is 0 Å². The van der Waals surface area contributed by atoms with E-state index in [1.807, 2.05) is 9.30 Å². The van der Waals surface area contributed by atoms with Gasteiger partial charge in [-0.05, 0) is 62.4 Å². The van der Waals surface area contributed by atoms with E-state index in [-0.39, 0.29) is 41.2 Å². The third-order valence-electron chi connectivity index (χ3n) is 8.34. The first-order valence-electron chi connectivity index (χ1n) is 14.2. The number of imidazole rings is 1. The number of hydrogen-bond donors (Lipinski definition) is 2. The van der Waals surface area contributed by atoms with Gasteiger partial charge in [-0.2, -0.15) is 13.2 Å². The fourth-order valence-electron chi connectivity index (χ4n) is 6.03. The number of pyridine rings is 1. The first-order chi connectivity index (χ1) is 20.7. The number of amides is 2. The minimum atomic E-state index is -4.57. The first-order valence-corrected chi connectivity index (χ1v) is 14.2. The van der Waals surface area contributed by atoms with Gasteiger partial charge in [-0.25, -0.2) is 15.0 Å². The Morgan fingerprint density at radius 2 is 1.88 bits per heavy atom. The Bertz CT molecular complexity index is 1750. The molecule has 2 amide bonds. The van der Waals surface area contributed by atoms with Crippen molar-refractivity contribution < 1.29 is 27.5 Å². The van der Waals surface area contributed by atoms with Crippen LogP contribution in [0.25, 0.3) is 16.8 Å². The summed E-state index contributed by atoms with van der Waals surface area (Å²) in [6.07, 6.45) is 4.78. The number of rotatable bonds is 6. The predicted molar refractivity (Wildman–Crippen MR) is 150 cm³/mol. The summed E-state index contributed by atoms with van der Waals surface area (Å²) in [4.78, 5) is 40.8. The lowest BCUT2D eigenvalue weighted by Gasteiger charge is -2.34. The molecule has 10 nitrogen and oxygen atoms in total. The lowest BCUT2D eigenvalue weighted by atomic mass is 9.92. The number of benzene rings is 1. The Morgan fingerprint density at radius 3 is 2.67 bits per heavy atom. The third-order valence-corrected chi connectivity index (χ3v) is 8.34. The molecule has 2 atom stereocenters. The molecule has 3 aromatic heterocycles. The smallest absolute Gasteiger partial charge is 0.416 e. The van der Waals surface area contributed by atoms with Gasteiger partial charge in [-0.3, -0.25) is 14.0 Å². The number of nitrogens with zero attached hydrogens (tertiary/aromatic N) is 5. The molecule has 2 aliphatic heterocycles. The number of carbonyl (C=O) groups excluding carboxylic acids is 2. The van der Waals surface area contributed by atoms with Crippen LogP contribution in [-0.2, 0) is 11.0 Å². The maximum Gasteiger partial charge on any atom is 0.416 e. The lowest BCUT2D eigenvalue weighted by molar-refractivity contribution is -0.137. The van der Waals surface area contributed by atoms with Crippen molar-refractivity contribution in [2.45, 2.75) is 62.8 Å². The van der Waals surface area contributed by atoms with Gasteiger partial charge in [0.2, 0.25) is 5.91 Å². The average Bonchev–Trinajstić information content (AvgIpc) is 3.60. The fourth-order valence-corrected chi connectivity index (χ4v) is 6.03. The van der Waals surface area contributed by atoms with Gasteiger partial charge in [0, 0.05) is 54.6 Å². The Balaban J connectivity index is 1.25. The van der Waals surface area contributed by atoms with Crippen LogP contribution < -0.4 is 15.8 Å². The van der Waals surface area contributed by atoms with E-state index >= 15 is 0 Å². The molecular formula is C30H28F3N7O3. The largest absolute Gasteiger partial charge is 0.490 e. The zero-order valence-electron chi connectivity index (χ0n) is 23.0. The molecule has 2 unspecified atom stereocenters. The van der Waals surface area contributed by atoms with Crippen molar-refractivity contribution in [3.8, 4) is 17.0 Å². The molecule has 7 rings (SSSR count). The van der Waals surface area contributed by atoms with E-state index in [1.54, 1.807) is 30.6 Å². The molecule has 1 saturated carbocycles. The molecule has 5 heterocycles. The summed E-state index contributed by atoms with van der Waals surface area (Å²) in [5, 5.41) is 2.45. The van der Waals surface area contributed by atoms with Crippen molar-refractivity contribution in [1.29, 1.82) is 0 Å². The van der Waals surface area contributed by atoms with Crippen LogP contribution in [0.3, 0.4) is 0 Å². The van der Waals surface area contributed by atoms with E-state index in [0.29, 0.717) is 35.5 Å². The van der Waals surface area contributed by atoms with Crippen molar-refractivity contribution in [3.05, 3.63) is 65.9 Å². The summed E-state index contributed by atoms with van der Waals surface area (Å²) in [5.41, 5.74) is 7.39. The zero-order chi connectivity index (χ0) is 29.9. The highest BCUT2D eigenvalue weighted by molar-refractivity contribution is 6.04. The topological polar surface area (TPSA) is 128 Å². The molecular weight excluding hydrogens is 563 g/mol. The second-order valence-corrected chi connectivity index (χ2v) is 11.3. The number of halogens is 3.